The molecule has 1 aromatic rings. The number of carbonyl (C=O) groups excluding carboxylic acids is 1. The van der Waals surface area contributed by atoms with Gasteiger partial charge in [0.15, 0.2) is 0 Å². The Bertz CT molecular complexity index is 534. The van der Waals surface area contributed by atoms with Crippen LogP contribution in [-0.4, -0.2) is 59.8 Å². The molecule has 0 aliphatic carbocycles. The monoisotopic (exact) mass is 348 g/mol. The van der Waals surface area contributed by atoms with Crippen molar-refractivity contribution in [2.24, 2.45) is 0 Å². The van der Waals surface area contributed by atoms with Crippen molar-refractivity contribution in [2.45, 2.75) is 59.0 Å². The molecule has 1 aliphatic rings. The molecule has 5 nitrogen and oxygen atoms in total. The van der Waals surface area contributed by atoms with Crippen LogP contribution < -0.4 is 0 Å². The zero-order chi connectivity index (χ0) is 18.4. The van der Waals surface area contributed by atoms with E-state index < -0.39 is 5.60 Å². The van der Waals surface area contributed by atoms with Gasteiger partial charge in [-0.25, -0.2) is 4.79 Å². The highest BCUT2D eigenvalue weighted by atomic mass is 16.6. The number of hydrogen-bond donors (Lipinski definition) is 0. The lowest BCUT2D eigenvalue weighted by Gasteiger charge is -2.40. The summed E-state index contributed by atoms with van der Waals surface area (Å²) in [5, 5.41) is 0. The van der Waals surface area contributed by atoms with Crippen molar-refractivity contribution in [3.05, 3.63) is 35.9 Å². The molecular formula is C20H32N2O3. The summed E-state index contributed by atoms with van der Waals surface area (Å²) in [4.78, 5) is 16.3. The fourth-order valence-corrected chi connectivity index (χ4v) is 2.88. The number of carbonyl (C=O) groups is 1. The van der Waals surface area contributed by atoms with Gasteiger partial charge < -0.3 is 14.4 Å². The van der Waals surface area contributed by atoms with Gasteiger partial charge in [-0.15, -0.1) is 0 Å². The highest BCUT2D eigenvalue weighted by Gasteiger charge is 2.29. The Morgan fingerprint density at radius 3 is 2.24 bits per heavy atom. The molecule has 0 aromatic heterocycles. The van der Waals surface area contributed by atoms with Gasteiger partial charge in [-0.05, 0) is 40.2 Å². The maximum absolute atomic E-state index is 12.1. The van der Waals surface area contributed by atoms with Gasteiger partial charge in [0.05, 0.1) is 12.7 Å². The largest absolute Gasteiger partial charge is 0.444 e. The Hall–Kier alpha value is -1.59. The van der Waals surface area contributed by atoms with E-state index in [1.807, 2.05) is 39.0 Å². The Morgan fingerprint density at radius 1 is 1.08 bits per heavy atom. The third-order valence-corrected chi connectivity index (χ3v) is 4.58. The Labute approximate surface area is 151 Å². The maximum atomic E-state index is 12.1. The molecule has 5 heteroatoms. The molecule has 25 heavy (non-hydrogen) atoms. The van der Waals surface area contributed by atoms with Gasteiger partial charge in [0.25, 0.3) is 0 Å². The fourth-order valence-electron chi connectivity index (χ4n) is 2.88. The molecule has 2 rings (SSSR count). The standard InChI is InChI=1S/C20H32N2O3/c1-16(17(2)24-15-18-9-7-6-8-10-18)21-11-13-22(14-12-21)19(23)25-20(3,4)5/h6-10,16-17H,11-15H2,1-5H3/t16?,17-/m0/s1. The minimum atomic E-state index is -0.443. The van der Waals surface area contributed by atoms with Crippen molar-refractivity contribution in [2.75, 3.05) is 26.2 Å². The lowest BCUT2D eigenvalue weighted by molar-refractivity contribution is -0.0263. The quantitative estimate of drug-likeness (QED) is 0.816. The number of hydrogen-bond acceptors (Lipinski definition) is 4. The van der Waals surface area contributed by atoms with E-state index in [0.717, 1.165) is 13.1 Å². The Morgan fingerprint density at radius 2 is 1.68 bits per heavy atom. The van der Waals surface area contributed by atoms with Crippen LogP contribution in [0.25, 0.3) is 0 Å². The summed E-state index contributed by atoms with van der Waals surface area (Å²) in [6.45, 7) is 13.7. The zero-order valence-corrected chi connectivity index (χ0v) is 16.2. The van der Waals surface area contributed by atoms with Crippen molar-refractivity contribution in [3.63, 3.8) is 0 Å². The third-order valence-electron chi connectivity index (χ3n) is 4.58. The predicted molar refractivity (Wildman–Crippen MR) is 99.5 cm³/mol. The lowest BCUT2D eigenvalue weighted by Crippen LogP contribution is -2.54. The van der Waals surface area contributed by atoms with Gasteiger partial charge in [0, 0.05) is 32.2 Å². The van der Waals surface area contributed by atoms with Crippen molar-refractivity contribution < 1.29 is 14.3 Å². The number of nitrogens with zero attached hydrogens (tertiary/aromatic N) is 2. The fraction of sp³-hybridized carbons (Fsp3) is 0.650. The minimum Gasteiger partial charge on any atom is -0.444 e. The molecule has 1 aromatic carbocycles. The van der Waals surface area contributed by atoms with Crippen molar-refractivity contribution >= 4 is 6.09 Å². The van der Waals surface area contributed by atoms with E-state index in [1.165, 1.54) is 5.56 Å². The van der Waals surface area contributed by atoms with Crippen LogP contribution in [-0.2, 0) is 16.1 Å². The van der Waals surface area contributed by atoms with Gasteiger partial charge in [0.2, 0.25) is 0 Å². The highest BCUT2D eigenvalue weighted by Crippen LogP contribution is 2.16. The van der Waals surface area contributed by atoms with Crippen LogP contribution >= 0.6 is 0 Å². The molecule has 1 amide bonds. The predicted octanol–water partition coefficient (Wildman–Crippen LogP) is 3.53. The van der Waals surface area contributed by atoms with Gasteiger partial charge >= 0.3 is 6.09 Å². The van der Waals surface area contributed by atoms with Crippen LogP contribution in [0.2, 0.25) is 0 Å². The average Bonchev–Trinajstić information content (AvgIpc) is 2.58. The van der Waals surface area contributed by atoms with E-state index >= 15 is 0 Å². The smallest absolute Gasteiger partial charge is 0.410 e. The summed E-state index contributed by atoms with van der Waals surface area (Å²) in [5.74, 6) is 0. The normalized spacial score (nSPS) is 18.7. The van der Waals surface area contributed by atoms with Crippen molar-refractivity contribution in [1.82, 2.24) is 9.80 Å². The van der Waals surface area contributed by atoms with E-state index in [4.69, 9.17) is 9.47 Å². The van der Waals surface area contributed by atoms with Crippen LogP contribution in [0.3, 0.4) is 0 Å². The molecule has 0 spiro atoms. The number of amides is 1. The Kier molecular flexibility index (Phi) is 6.85. The molecule has 0 N–H and O–H groups in total. The first-order valence-electron chi connectivity index (χ1n) is 9.14. The van der Waals surface area contributed by atoms with Crippen molar-refractivity contribution in [1.29, 1.82) is 0 Å². The number of benzene rings is 1. The van der Waals surface area contributed by atoms with Crippen LogP contribution in [0.1, 0.15) is 40.2 Å². The highest BCUT2D eigenvalue weighted by molar-refractivity contribution is 5.68. The summed E-state index contributed by atoms with van der Waals surface area (Å²) in [6, 6.07) is 10.5. The second-order valence-corrected chi connectivity index (χ2v) is 7.75. The van der Waals surface area contributed by atoms with E-state index in [-0.39, 0.29) is 12.2 Å². The van der Waals surface area contributed by atoms with Crippen LogP contribution in [0, 0.1) is 0 Å². The Balaban J connectivity index is 1.76. The van der Waals surface area contributed by atoms with Gasteiger partial charge in [0.1, 0.15) is 5.60 Å². The zero-order valence-electron chi connectivity index (χ0n) is 16.2. The molecule has 1 fully saturated rings. The molecule has 1 heterocycles. The molecule has 1 saturated heterocycles. The van der Waals surface area contributed by atoms with E-state index in [1.54, 1.807) is 4.90 Å². The summed E-state index contributed by atoms with van der Waals surface area (Å²) in [7, 11) is 0. The topological polar surface area (TPSA) is 42.0 Å². The van der Waals surface area contributed by atoms with Gasteiger partial charge in [-0.2, -0.15) is 0 Å². The van der Waals surface area contributed by atoms with E-state index in [0.29, 0.717) is 25.7 Å². The van der Waals surface area contributed by atoms with E-state index in [9.17, 15) is 4.79 Å². The van der Waals surface area contributed by atoms with Crippen molar-refractivity contribution in [3.8, 4) is 0 Å². The van der Waals surface area contributed by atoms with Gasteiger partial charge in [-0.1, -0.05) is 30.3 Å². The first-order valence-corrected chi connectivity index (χ1v) is 9.14. The number of ether oxygens (including phenoxy) is 2. The van der Waals surface area contributed by atoms with Crippen LogP contribution in [0.15, 0.2) is 30.3 Å². The molecule has 0 radical (unpaired) electrons. The molecule has 2 atom stereocenters. The lowest BCUT2D eigenvalue weighted by atomic mass is 10.1. The minimum absolute atomic E-state index is 0.133. The first-order chi connectivity index (χ1) is 11.8. The summed E-state index contributed by atoms with van der Waals surface area (Å²) in [5.41, 5.74) is 0.748. The summed E-state index contributed by atoms with van der Waals surface area (Å²) < 4.78 is 11.5. The van der Waals surface area contributed by atoms with Gasteiger partial charge in [-0.3, -0.25) is 4.90 Å². The summed E-state index contributed by atoms with van der Waals surface area (Å²) in [6.07, 6.45) is -0.0820. The second-order valence-electron chi connectivity index (χ2n) is 7.75. The maximum Gasteiger partial charge on any atom is 0.410 e. The third kappa shape index (κ3) is 6.33. The number of rotatable bonds is 5. The first kappa shape index (κ1) is 19.7. The SMILES string of the molecule is CC([C@H](C)OCc1ccccc1)N1CCN(C(=O)OC(C)(C)C)CC1. The van der Waals surface area contributed by atoms with Crippen LogP contribution in [0.5, 0.6) is 0 Å². The van der Waals surface area contributed by atoms with E-state index in [2.05, 4.69) is 30.9 Å². The molecular weight excluding hydrogens is 316 g/mol. The average molecular weight is 348 g/mol. The number of piperazine rings is 1. The molecule has 140 valence electrons. The second kappa shape index (κ2) is 8.68. The molecule has 1 unspecified atom stereocenters. The molecule has 0 saturated carbocycles. The molecule has 0 bridgehead atoms. The van der Waals surface area contributed by atoms with Crippen LogP contribution in [0.4, 0.5) is 4.79 Å². The molecule has 1 aliphatic heterocycles. The summed E-state index contributed by atoms with van der Waals surface area (Å²) >= 11 is 0.